The molecular weight excluding hydrogens is 418 g/mol. The van der Waals surface area contributed by atoms with Gasteiger partial charge in [-0.05, 0) is 25.3 Å². The molecule has 0 saturated carbocycles. The zero-order chi connectivity index (χ0) is 23.5. The van der Waals surface area contributed by atoms with Gasteiger partial charge in [0, 0.05) is 68.6 Å². The number of nitrogens with zero attached hydrogens (tertiary/aromatic N) is 4. The van der Waals surface area contributed by atoms with Crippen LogP contribution in [0.3, 0.4) is 0 Å². The van der Waals surface area contributed by atoms with Gasteiger partial charge in [0.25, 0.3) is 5.91 Å². The first-order valence-corrected chi connectivity index (χ1v) is 10.5. The van der Waals surface area contributed by atoms with Gasteiger partial charge < -0.3 is 16.0 Å². The number of alkyl halides is 2. The normalized spacial score (nSPS) is 15.8. The van der Waals surface area contributed by atoms with E-state index in [1.165, 1.54) is 0 Å². The standard InChI is InChI=1S/C22H28F2N6O2/c1-14(5-6-18(25)31)28-21(32)19-15(2)17(16-11-27-29(3)13-16)12-26-20(19)30-9-4-7-22(23,24)8-10-30/h11-13H,1,4-10H2,2-3H3,(H2,25,31)(H,28,32). The second kappa shape index (κ2) is 9.46. The molecule has 1 saturated heterocycles. The summed E-state index contributed by atoms with van der Waals surface area (Å²) in [7, 11) is 1.79. The summed E-state index contributed by atoms with van der Waals surface area (Å²) in [5.41, 5.74) is 7.96. The average Bonchev–Trinajstić information content (AvgIpc) is 3.05. The number of rotatable bonds is 7. The maximum Gasteiger partial charge on any atom is 0.259 e. The highest BCUT2D eigenvalue weighted by molar-refractivity contribution is 6.02. The Morgan fingerprint density at radius 3 is 2.66 bits per heavy atom. The minimum absolute atomic E-state index is 0.0557. The minimum atomic E-state index is -2.73. The van der Waals surface area contributed by atoms with E-state index in [4.69, 9.17) is 5.73 Å². The van der Waals surface area contributed by atoms with Crippen molar-refractivity contribution >= 4 is 17.6 Å². The van der Waals surface area contributed by atoms with Gasteiger partial charge in [-0.15, -0.1) is 0 Å². The molecule has 1 aliphatic heterocycles. The number of anilines is 1. The monoisotopic (exact) mass is 446 g/mol. The van der Waals surface area contributed by atoms with Crippen LogP contribution in [0.1, 0.15) is 48.0 Å². The molecular formula is C22H28F2N6O2. The van der Waals surface area contributed by atoms with Gasteiger partial charge in [-0.2, -0.15) is 5.10 Å². The van der Waals surface area contributed by atoms with Gasteiger partial charge in [-0.1, -0.05) is 6.58 Å². The number of carbonyl (C=O) groups excluding carboxylic acids is 2. The summed E-state index contributed by atoms with van der Waals surface area (Å²) in [6.45, 7) is 6.05. The molecule has 2 aromatic heterocycles. The van der Waals surface area contributed by atoms with E-state index in [9.17, 15) is 18.4 Å². The molecule has 0 aromatic carbocycles. The number of pyridine rings is 1. The molecule has 1 fully saturated rings. The molecule has 0 bridgehead atoms. The number of primary amides is 1. The molecule has 0 unspecified atom stereocenters. The molecule has 3 rings (SSSR count). The number of halogens is 2. The van der Waals surface area contributed by atoms with E-state index < -0.39 is 17.7 Å². The van der Waals surface area contributed by atoms with E-state index in [0.717, 1.165) is 11.1 Å². The number of allylic oxidation sites excluding steroid dienone is 1. The van der Waals surface area contributed by atoms with Gasteiger partial charge in [-0.25, -0.2) is 13.8 Å². The second-order valence-electron chi connectivity index (χ2n) is 8.12. The van der Waals surface area contributed by atoms with E-state index in [1.807, 2.05) is 6.20 Å². The predicted molar refractivity (Wildman–Crippen MR) is 117 cm³/mol. The number of hydrogen-bond acceptors (Lipinski definition) is 5. The number of nitrogens with one attached hydrogen (secondary N) is 1. The van der Waals surface area contributed by atoms with E-state index in [0.29, 0.717) is 30.0 Å². The van der Waals surface area contributed by atoms with Crippen LogP contribution in [0.2, 0.25) is 0 Å². The van der Waals surface area contributed by atoms with E-state index in [2.05, 4.69) is 22.0 Å². The predicted octanol–water partition coefficient (Wildman–Crippen LogP) is 2.93. The first kappa shape index (κ1) is 23.4. The van der Waals surface area contributed by atoms with Crippen LogP contribution in [0, 0.1) is 6.92 Å². The van der Waals surface area contributed by atoms with Crippen LogP contribution in [0.15, 0.2) is 30.9 Å². The lowest BCUT2D eigenvalue weighted by molar-refractivity contribution is -0.118. The fraction of sp³-hybridized carbons (Fsp3) is 0.455. The zero-order valence-electron chi connectivity index (χ0n) is 18.3. The highest BCUT2D eigenvalue weighted by Gasteiger charge is 2.33. The summed E-state index contributed by atoms with van der Waals surface area (Å²) in [5.74, 6) is -3.33. The molecule has 1 aliphatic rings. The number of nitrogens with two attached hydrogens (primary N) is 1. The highest BCUT2D eigenvalue weighted by Crippen LogP contribution is 2.34. The van der Waals surface area contributed by atoms with Crippen LogP contribution in [0.5, 0.6) is 0 Å². The van der Waals surface area contributed by atoms with Crippen molar-refractivity contribution in [2.45, 2.75) is 45.0 Å². The lowest BCUT2D eigenvalue weighted by Crippen LogP contribution is -2.32. The molecule has 0 spiro atoms. The molecule has 0 atom stereocenters. The van der Waals surface area contributed by atoms with Crippen LogP contribution in [0.25, 0.3) is 11.1 Å². The van der Waals surface area contributed by atoms with Crippen molar-refractivity contribution in [1.82, 2.24) is 20.1 Å². The maximum atomic E-state index is 13.9. The van der Waals surface area contributed by atoms with Crippen molar-refractivity contribution in [3.63, 3.8) is 0 Å². The van der Waals surface area contributed by atoms with Crippen molar-refractivity contribution in [3.8, 4) is 11.1 Å². The van der Waals surface area contributed by atoms with Crippen molar-refractivity contribution in [2.24, 2.45) is 12.8 Å². The maximum absolute atomic E-state index is 13.9. The van der Waals surface area contributed by atoms with Gasteiger partial charge in [0.2, 0.25) is 11.8 Å². The number of carbonyl (C=O) groups is 2. The number of hydrogen-bond donors (Lipinski definition) is 2. The fourth-order valence-corrected chi connectivity index (χ4v) is 3.79. The van der Waals surface area contributed by atoms with Crippen LogP contribution in [-0.2, 0) is 11.8 Å². The van der Waals surface area contributed by atoms with Crippen LogP contribution in [0.4, 0.5) is 14.6 Å². The Hall–Kier alpha value is -3.30. The minimum Gasteiger partial charge on any atom is -0.370 e. The summed E-state index contributed by atoms with van der Waals surface area (Å²) in [5, 5.41) is 6.89. The van der Waals surface area contributed by atoms with Crippen molar-refractivity contribution < 1.29 is 18.4 Å². The number of aryl methyl sites for hydroxylation is 1. The first-order chi connectivity index (χ1) is 15.1. The second-order valence-corrected chi connectivity index (χ2v) is 8.12. The first-order valence-electron chi connectivity index (χ1n) is 10.5. The summed E-state index contributed by atoms with van der Waals surface area (Å²) in [6, 6.07) is 0. The van der Waals surface area contributed by atoms with Crippen LogP contribution < -0.4 is 16.0 Å². The largest absolute Gasteiger partial charge is 0.370 e. The molecule has 0 aliphatic carbocycles. The van der Waals surface area contributed by atoms with Gasteiger partial charge in [-0.3, -0.25) is 14.3 Å². The van der Waals surface area contributed by atoms with Crippen molar-refractivity contribution in [2.75, 3.05) is 18.0 Å². The molecule has 3 N–H and O–H groups in total. The molecule has 8 nitrogen and oxygen atoms in total. The van der Waals surface area contributed by atoms with Crippen LogP contribution >= 0.6 is 0 Å². The quantitative estimate of drug-likeness (QED) is 0.680. The summed E-state index contributed by atoms with van der Waals surface area (Å²) >= 11 is 0. The lowest BCUT2D eigenvalue weighted by atomic mass is 9.99. The number of aromatic nitrogens is 3. The summed E-state index contributed by atoms with van der Waals surface area (Å²) in [4.78, 5) is 30.6. The van der Waals surface area contributed by atoms with Gasteiger partial charge in [0.05, 0.1) is 11.8 Å². The van der Waals surface area contributed by atoms with Gasteiger partial charge in [0.15, 0.2) is 0 Å². The zero-order valence-corrected chi connectivity index (χ0v) is 18.3. The molecule has 10 heteroatoms. The Balaban J connectivity index is 1.99. The van der Waals surface area contributed by atoms with Gasteiger partial charge in [0.1, 0.15) is 5.82 Å². The third kappa shape index (κ3) is 5.49. The molecule has 3 heterocycles. The Labute approximate surface area is 185 Å². The third-order valence-corrected chi connectivity index (χ3v) is 5.54. The third-order valence-electron chi connectivity index (χ3n) is 5.54. The Kier molecular flexibility index (Phi) is 6.90. The fourth-order valence-electron chi connectivity index (χ4n) is 3.79. The topological polar surface area (TPSA) is 106 Å². The Bertz CT molecular complexity index is 1030. The molecule has 32 heavy (non-hydrogen) atoms. The Morgan fingerprint density at radius 2 is 2.00 bits per heavy atom. The summed E-state index contributed by atoms with van der Waals surface area (Å²) < 4.78 is 29.5. The molecule has 2 amide bonds. The van der Waals surface area contributed by atoms with E-state index in [-0.39, 0.29) is 37.8 Å². The highest BCUT2D eigenvalue weighted by atomic mass is 19.3. The van der Waals surface area contributed by atoms with E-state index in [1.54, 1.807) is 35.9 Å². The van der Waals surface area contributed by atoms with Crippen LogP contribution in [-0.4, -0.2) is 45.6 Å². The summed E-state index contributed by atoms with van der Waals surface area (Å²) in [6.07, 6.45) is 5.19. The average molecular weight is 447 g/mol. The number of amides is 2. The molecule has 0 radical (unpaired) electrons. The van der Waals surface area contributed by atoms with Crippen molar-refractivity contribution in [1.29, 1.82) is 0 Å². The molecule has 172 valence electrons. The van der Waals surface area contributed by atoms with Gasteiger partial charge >= 0.3 is 0 Å². The smallest absolute Gasteiger partial charge is 0.259 e. The SMILES string of the molecule is C=C(CCC(N)=O)NC(=O)c1c(N2CCCC(F)(F)CC2)ncc(-c2cnn(C)c2)c1C. The van der Waals surface area contributed by atoms with Crippen molar-refractivity contribution in [3.05, 3.63) is 42.0 Å². The lowest BCUT2D eigenvalue weighted by Gasteiger charge is -2.26. The molecule has 2 aromatic rings. The Morgan fingerprint density at radius 1 is 1.25 bits per heavy atom. The van der Waals surface area contributed by atoms with E-state index >= 15 is 0 Å².